The molecule has 0 fully saturated rings. The van der Waals surface area contributed by atoms with Crippen molar-refractivity contribution in [3.63, 3.8) is 0 Å². The van der Waals surface area contributed by atoms with Crippen molar-refractivity contribution in [2.45, 2.75) is 58.8 Å². The summed E-state index contributed by atoms with van der Waals surface area (Å²) in [6, 6.07) is 0. The molecule has 0 unspecified atom stereocenters. The van der Waals surface area contributed by atoms with Gasteiger partial charge in [-0.15, -0.1) is 13.2 Å². The average molecular weight is 208 g/mol. The SMILES string of the molecule is C=CCCCC(CCCC=C)CC(C)C. The Bertz CT molecular complexity index is 141. The van der Waals surface area contributed by atoms with Crippen LogP contribution in [0.25, 0.3) is 0 Å². The van der Waals surface area contributed by atoms with Gasteiger partial charge in [-0.1, -0.05) is 38.8 Å². The predicted octanol–water partition coefficient (Wildman–Crippen LogP) is 5.36. The van der Waals surface area contributed by atoms with Crippen LogP contribution in [0, 0.1) is 11.8 Å². The molecule has 0 bridgehead atoms. The molecule has 0 aromatic heterocycles. The van der Waals surface area contributed by atoms with E-state index in [1.54, 1.807) is 0 Å². The Morgan fingerprint density at radius 1 is 0.933 bits per heavy atom. The topological polar surface area (TPSA) is 0 Å². The smallest absolute Gasteiger partial charge is 0.0353 e. The summed E-state index contributed by atoms with van der Waals surface area (Å²) in [6.45, 7) is 12.2. The molecule has 0 aliphatic rings. The lowest BCUT2D eigenvalue weighted by atomic mass is 9.88. The lowest BCUT2D eigenvalue weighted by Crippen LogP contribution is -2.04. The summed E-state index contributed by atoms with van der Waals surface area (Å²) in [7, 11) is 0. The Labute approximate surface area is 96.5 Å². The van der Waals surface area contributed by atoms with Gasteiger partial charge in [-0.2, -0.15) is 0 Å². The van der Waals surface area contributed by atoms with Crippen molar-refractivity contribution >= 4 is 0 Å². The average Bonchev–Trinajstić information content (AvgIpc) is 2.17. The number of hydrogen-bond donors (Lipinski definition) is 0. The van der Waals surface area contributed by atoms with Crippen LogP contribution >= 0.6 is 0 Å². The molecule has 88 valence electrons. The van der Waals surface area contributed by atoms with E-state index in [1.807, 2.05) is 12.2 Å². The first-order valence-electron chi connectivity index (χ1n) is 6.42. The molecule has 0 heterocycles. The fourth-order valence-electron chi connectivity index (χ4n) is 2.15. The van der Waals surface area contributed by atoms with Crippen LogP contribution in [0.4, 0.5) is 0 Å². The summed E-state index contributed by atoms with van der Waals surface area (Å²) < 4.78 is 0. The Hall–Kier alpha value is -0.520. The number of allylic oxidation sites excluding steroid dienone is 2. The van der Waals surface area contributed by atoms with Crippen molar-refractivity contribution in [2.75, 3.05) is 0 Å². The third-order valence-corrected chi connectivity index (χ3v) is 2.85. The van der Waals surface area contributed by atoms with E-state index in [9.17, 15) is 0 Å². The Balaban J connectivity index is 3.72. The molecule has 0 amide bonds. The minimum absolute atomic E-state index is 0.836. The van der Waals surface area contributed by atoms with E-state index < -0.39 is 0 Å². The fourth-order valence-corrected chi connectivity index (χ4v) is 2.15. The minimum Gasteiger partial charge on any atom is -0.103 e. The van der Waals surface area contributed by atoms with Crippen molar-refractivity contribution in [3.8, 4) is 0 Å². The van der Waals surface area contributed by atoms with Gasteiger partial charge in [-0.25, -0.2) is 0 Å². The quantitative estimate of drug-likeness (QED) is 0.335. The Kier molecular flexibility index (Phi) is 9.67. The van der Waals surface area contributed by atoms with Crippen LogP contribution in [-0.4, -0.2) is 0 Å². The van der Waals surface area contributed by atoms with Crippen LogP contribution < -0.4 is 0 Å². The summed E-state index contributed by atoms with van der Waals surface area (Å²) in [5, 5.41) is 0. The highest BCUT2D eigenvalue weighted by molar-refractivity contribution is 4.71. The van der Waals surface area contributed by atoms with Crippen molar-refractivity contribution in [1.82, 2.24) is 0 Å². The van der Waals surface area contributed by atoms with Gasteiger partial charge in [0.25, 0.3) is 0 Å². The van der Waals surface area contributed by atoms with Crippen molar-refractivity contribution in [2.24, 2.45) is 11.8 Å². The lowest BCUT2D eigenvalue weighted by Gasteiger charge is -2.18. The number of unbranched alkanes of at least 4 members (excludes halogenated alkanes) is 2. The molecule has 0 rings (SSSR count). The largest absolute Gasteiger partial charge is 0.103 e. The first kappa shape index (κ1) is 14.5. The number of rotatable bonds is 10. The second-order valence-electron chi connectivity index (χ2n) is 4.93. The maximum Gasteiger partial charge on any atom is -0.0353 e. The molecule has 0 spiro atoms. The van der Waals surface area contributed by atoms with E-state index in [1.165, 1.54) is 44.9 Å². The highest BCUT2D eigenvalue weighted by Gasteiger charge is 2.09. The zero-order valence-electron chi connectivity index (χ0n) is 10.7. The van der Waals surface area contributed by atoms with Crippen molar-refractivity contribution in [1.29, 1.82) is 0 Å². The minimum atomic E-state index is 0.836. The molecule has 0 aliphatic heterocycles. The third kappa shape index (κ3) is 9.78. The molecular formula is C15H28. The molecule has 0 saturated carbocycles. The molecule has 0 N–H and O–H groups in total. The van der Waals surface area contributed by atoms with Gasteiger partial charge in [-0.05, 0) is 43.9 Å². The second-order valence-corrected chi connectivity index (χ2v) is 4.93. The van der Waals surface area contributed by atoms with Crippen LogP contribution in [0.3, 0.4) is 0 Å². The highest BCUT2D eigenvalue weighted by Crippen LogP contribution is 2.23. The lowest BCUT2D eigenvalue weighted by molar-refractivity contribution is 0.351. The first-order chi connectivity index (χ1) is 7.20. The van der Waals surface area contributed by atoms with Gasteiger partial charge in [0.2, 0.25) is 0 Å². The van der Waals surface area contributed by atoms with Crippen LogP contribution in [0.2, 0.25) is 0 Å². The van der Waals surface area contributed by atoms with Gasteiger partial charge in [0.05, 0.1) is 0 Å². The molecular weight excluding hydrogens is 180 g/mol. The van der Waals surface area contributed by atoms with Crippen LogP contribution in [0.5, 0.6) is 0 Å². The standard InChI is InChI=1S/C15H28/c1-5-7-9-11-15(13-14(3)4)12-10-8-6-2/h5-6,14-15H,1-2,7-13H2,3-4H3. The molecule has 0 radical (unpaired) electrons. The van der Waals surface area contributed by atoms with Crippen molar-refractivity contribution < 1.29 is 0 Å². The summed E-state index contributed by atoms with van der Waals surface area (Å²) in [6.07, 6.45) is 13.2. The van der Waals surface area contributed by atoms with Gasteiger partial charge in [0.15, 0.2) is 0 Å². The van der Waals surface area contributed by atoms with E-state index in [2.05, 4.69) is 27.0 Å². The summed E-state index contributed by atoms with van der Waals surface area (Å²) >= 11 is 0. The van der Waals surface area contributed by atoms with Crippen molar-refractivity contribution in [3.05, 3.63) is 25.3 Å². The van der Waals surface area contributed by atoms with E-state index in [0.29, 0.717) is 0 Å². The highest BCUT2D eigenvalue weighted by atomic mass is 14.2. The maximum atomic E-state index is 3.78. The molecule has 0 heteroatoms. The van der Waals surface area contributed by atoms with Crippen LogP contribution in [0.1, 0.15) is 58.8 Å². The summed E-state index contributed by atoms with van der Waals surface area (Å²) in [5.41, 5.74) is 0. The molecule has 15 heavy (non-hydrogen) atoms. The summed E-state index contributed by atoms with van der Waals surface area (Å²) in [4.78, 5) is 0. The second kappa shape index (κ2) is 10.0. The number of hydrogen-bond acceptors (Lipinski definition) is 0. The van der Waals surface area contributed by atoms with Gasteiger partial charge >= 0.3 is 0 Å². The molecule has 0 aromatic carbocycles. The van der Waals surface area contributed by atoms with Gasteiger partial charge in [0.1, 0.15) is 0 Å². The van der Waals surface area contributed by atoms with E-state index >= 15 is 0 Å². The predicted molar refractivity (Wildman–Crippen MR) is 71.0 cm³/mol. The third-order valence-electron chi connectivity index (χ3n) is 2.85. The molecule has 0 nitrogen and oxygen atoms in total. The Morgan fingerprint density at radius 3 is 1.73 bits per heavy atom. The van der Waals surface area contributed by atoms with Gasteiger partial charge in [0, 0.05) is 0 Å². The van der Waals surface area contributed by atoms with Gasteiger partial charge < -0.3 is 0 Å². The monoisotopic (exact) mass is 208 g/mol. The van der Waals surface area contributed by atoms with E-state index in [-0.39, 0.29) is 0 Å². The molecule has 0 aromatic rings. The normalized spacial score (nSPS) is 10.9. The zero-order valence-corrected chi connectivity index (χ0v) is 10.7. The van der Waals surface area contributed by atoms with Crippen LogP contribution in [0.15, 0.2) is 25.3 Å². The van der Waals surface area contributed by atoms with E-state index in [0.717, 1.165) is 11.8 Å². The molecule has 0 aliphatic carbocycles. The van der Waals surface area contributed by atoms with E-state index in [4.69, 9.17) is 0 Å². The maximum absolute atomic E-state index is 3.78. The zero-order chi connectivity index (χ0) is 11.5. The van der Waals surface area contributed by atoms with Gasteiger partial charge in [-0.3, -0.25) is 0 Å². The molecule has 0 atom stereocenters. The Morgan fingerprint density at radius 2 is 1.40 bits per heavy atom. The van der Waals surface area contributed by atoms with Crippen LogP contribution in [-0.2, 0) is 0 Å². The summed E-state index contributed by atoms with van der Waals surface area (Å²) in [5.74, 6) is 1.76. The first-order valence-corrected chi connectivity index (χ1v) is 6.42. The molecule has 0 saturated heterocycles. The fraction of sp³-hybridized carbons (Fsp3) is 0.733.